The van der Waals surface area contributed by atoms with Gasteiger partial charge in [-0.3, -0.25) is 0 Å². The molecule has 6 heteroatoms. The van der Waals surface area contributed by atoms with Gasteiger partial charge in [-0.25, -0.2) is 13.6 Å². The Labute approximate surface area is 108 Å². The molecule has 2 rings (SSSR count). The van der Waals surface area contributed by atoms with Crippen LogP contribution < -0.4 is 5.73 Å². The average Bonchev–Trinajstić information content (AvgIpc) is 2.74. The summed E-state index contributed by atoms with van der Waals surface area (Å²) in [5, 5.41) is 0. The van der Waals surface area contributed by atoms with Gasteiger partial charge < -0.3 is 15.5 Å². The lowest BCUT2D eigenvalue weighted by Gasteiger charge is -2.00. The van der Waals surface area contributed by atoms with Crippen LogP contribution in [0.15, 0.2) is 24.3 Å². The molecule has 1 aromatic carbocycles. The van der Waals surface area contributed by atoms with Gasteiger partial charge in [0.05, 0.1) is 12.3 Å². The summed E-state index contributed by atoms with van der Waals surface area (Å²) in [5.41, 5.74) is 5.95. The van der Waals surface area contributed by atoms with Gasteiger partial charge in [0, 0.05) is 5.56 Å². The Hall–Kier alpha value is -2.37. The fourth-order valence-electron chi connectivity index (χ4n) is 1.70. The molecular formula is C13H12F2N2O2. The molecule has 2 aromatic rings. The van der Waals surface area contributed by atoms with E-state index >= 15 is 0 Å². The third kappa shape index (κ3) is 2.57. The molecule has 4 nitrogen and oxygen atoms in total. The van der Waals surface area contributed by atoms with E-state index in [1.165, 1.54) is 6.07 Å². The van der Waals surface area contributed by atoms with Crippen LogP contribution in [0.2, 0.25) is 0 Å². The quantitative estimate of drug-likeness (QED) is 0.839. The molecule has 0 aliphatic heterocycles. The number of aromatic nitrogens is 1. The van der Waals surface area contributed by atoms with Gasteiger partial charge in [0.15, 0.2) is 0 Å². The number of carbonyl (C=O) groups is 1. The van der Waals surface area contributed by atoms with Gasteiger partial charge in [0.25, 0.3) is 0 Å². The molecule has 0 unspecified atom stereocenters. The number of carbonyl (C=O) groups excluding carboxylic acids is 1. The average molecular weight is 266 g/mol. The summed E-state index contributed by atoms with van der Waals surface area (Å²) in [5.74, 6) is -1.75. The highest BCUT2D eigenvalue weighted by molar-refractivity contribution is 5.96. The lowest BCUT2D eigenvalue weighted by molar-refractivity contribution is 0.0528. The van der Waals surface area contributed by atoms with E-state index in [0.29, 0.717) is 0 Å². The zero-order valence-corrected chi connectivity index (χ0v) is 10.2. The normalized spacial score (nSPS) is 10.5. The molecule has 0 saturated carbocycles. The summed E-state index contributed by atoms with van der Waals surface area (Å²) < 4.78 is 31.5. The van der Waals surface area contributed by atoms with Gasteiger partial charge in [0.1, 0.15) is 23.0 Å². The second-order valence-electron chi connectivity index (χ2n) is 3.86. The third-order valence-corrected chi connectivity index (χ3v) is 2.56. The highest BCUT2D eigenvalue weighted by Crippen LogP contribution is 2.26. The molecule has 0 aliphatic rings. The molecule has 0 atom stereocenters. The second kappa shape index (κ2) is 5.09. The lowest BCUT2D eigenvalue weighted by Crippen LogP contribution is -2.05. The fraction of sp³-hybridized carbons (Fsp3) is 0.154. The largest absolute Gasteiger partial charge is 0.462 e. The van der Waals surface area contributed by atoms with Crippen molar-refractivity contribution < 1.29 is 18.3 Å². The number of halogens is 2. The molecule has 0 saturated heterocycles. The predicted molar refractivity (Wildman–Crippen MR) is 66.5 cm³/mol. The minimum absolute atomic E-state index is 0.00208. The zero-order chi connectivity index (χ0) is 14.0. The summed E-state index contributed by atoms with van der Waals surface area (Å²) in [4.78, 5) is 14.2. The number of anilines is 1. The van der Waals surface area contributed by atoms with Crippen molar-refractivity contribution in [1.29, 1.82) is 0 Å². The maximum Gasteiger partial charge on any atom is 0.341 e. The molecule has 1 aromatic heterocycles. The van der Waals surface area contributed by atoms with Gasteiger partial charge in [-0.2, -0.15) is 0 Å². The summed E-state index contributed by atoms with van der Waals surface area (Å²) >= 11 is 0. The lowest BCUT2D eigenvalue weighted by atomic mass is 10.1. The van der Waals surface area contributed by atoms with E-state index in [4.69, 9.17) is 10.5 Å². The van der Waals surface area contributed by atoms with Gasteiger partial charge in [0.2, 0.25) is 0 Å². The van der Waals surface area contributed by atoms with E-state index in [2.05, 4.69) is 4.98 Å². The molecule has 0 amide bonds. The van der Waals surface area contributed by atoms with E-state index in [1.54, 1.807) is 6.92 Å². The van der Waals surface area contributed by atoms with Crippen LogP contribution in [0.1, 0.15) is 17.3 Å². The fourth-order valence-corrected chi connectivity index (χ4v) is 1.70. The van der Waals surface area contributed by atoms with Crippen LogP contribution >= 0.6 is 0 Å². The number of nitrogens with one attached hydrogen (secondary N) is 1. The Balaban J connectivity index is 2.44. The summed E-state index contributed by atoms with van der Waals surface area (Å²) in [7, 11) is 0. The number of esters is 1. The third-order valence-electron chi connectivity index (χ3n) is 2.56. The number of rotatable bonds is 3. The molecule has 1 heterocycles. The van der Waals surface area contributed by atoms with Gasteiger partial charge in [-0.05, 0) is 31.2 Å². The first kappa shape index (κ1) is 13.1. The summed E-state index contributed by atoms with van der Waals surface area (Å²) in [6.07, 6.45) is 0. The van der Waals surface area contributed by atoms with Crippen molar-refractivity contribution >= 4 is 11.8 Å². The number of aromatic amines is 1. The van der Waals surface area contributed by atoms with Crippen molar-refractivity contribution in [2.75, 3.05) is 12.3 Å². The van der Waals surface area contributed by atoms with Crippen molar-refractivity contribution in [1.82, 2.24) is 4.98 Å². The van der Waals surface area contributed by atoms with Crippen LogP contribution in [-0.4, -0.2) is 17.6 Å². The van der Waals surface area contributed by atoms with Gasteiger partial charge in [-0.15, -0.1) is 0 Å². The van der Waals surface area contributed by atoms with Crippen LogP contribution in [0.4, 0.5) is 14.6 Å². The van der Waals surface area contributed by atoms with Crippen molar-refractivity contribution in [3.8, 4) is 11.3 Å². The SMILES string of the molecule is CCOC(=O)c1cc(-c2cc(F)ccc2F)[nH]c1N. The smallest absolute Gasteiger partial charge is 0.341 e. The number of benzene rings is 1. The number of nitrogen functional groups attached to an aromatic ring is 1. The molecular weight excluding hydrogens is 254 g/mol. The summed E-state index contributed by atoms with van der Waals surface area (Å²) in [6, 6.07) is 4.38. The number of nitrogens with two attached hydrogens (primary N) is 1. The van der Waals surface area contributed by atoms with E-state index in [-0.39, 0.29) is 29.2 Å². The first-order valence-corrected chi connectivity index (χ1v) is 5.64. The van der Waals surface area contributed by atoms with Crippen molar-refractivity contribution in [3.63, 3.8) is 0 Å². The molecule has 19 heavy (non-hydrogen) atoms. The van der Waals surface area contributed by atoms with E-state index < -0.39 is 17.6 Å². The first-order valence-electron chi connectivity index (χ1n) is 5.64. The first-order chi connectivity index (χ1) is 9.02. The van der Waals surface area contributed by atoms with Crippen LogP contribution in [0, 0.1) is 11.6 Å². The Morgan fingerprint density at radius 1 is 1.37 bits per heavy atom. The maximum absolute atomic E-state index is 13.6. The molecule has 0 spiro atoms. The number of H-pyrrole nitrogens is 1. The summed E-state index contributed by atoms with van der Waals surface area (Å²) in [6.45, 7) is 1.86. The van der Waals surface area contributed by atoms with Crippen molar-refractivity contribution in [3.05, 3.63) is 41.5 Å². The molecule has 100 valence electrons. The van der Waals surface area contributed by atoms with Crippen LogP contribution in [0.5, 0.6) is 0 Å². The van der Waals surface area contributed by atoms with Crippen molar-refractivity contribution in [2.45, 2.75) is 6.92 Å². The molecule has 0 radical (unpaired) electrons. The van der Waals surface area contributed by atoms with E-state index in [0.717, 1.165) is 18.2 Å². The Morgan fingerprint density at radius 2 is 2.11 bits per heavy atom. The minimum Gasteiger partial charge on any atom is -0.462 e. The van der Waals surface area contributed by atoms with Crippen LogP contribution in [-0.2, 0) is 4.74 Å². The second-order valence-corrected chi connectivity index (χ2v) is 3.86. The number of hydrogen-bond acceptors (Lipinski definition) is 3. The van der Waals surface area contributed by atoms with E-state index in [9.17, 15) is 13.6 Å². The highest BCUT2D eigenvalue weighted by atomic mass is 19.1. The Bertz CT molecular complexity index is 623. The van der Waals surface area contributed by atoms with Gasteiger partial charge >= 0.3 is 5.97 Å². The Kier molecular flexibility index (Phi) is 3.50. The van der Waals surface area contributed by atoms with Crippen LogP contribution in [0.25, 0.3) is 11.3 Å². The maximum atomic E-state index is 13.6. The topological polar surface area (TPSA) is 68.1 Å². The van der Waals surface area contributed by atoms with Crippen LogP contribution in [0.3, 0.4) is 0 Å². The Morgan fingerprint density at radius 3 is 2.79 bits per heavy atom. The standard InChI is InChI=1S/C13H12F2N2O2/c1-2-19-13(18)9-6-11(17-12(9)16)8-5-7(14)3-4-10(8)15/h3-6,17H,2,16H2,1H3. The molecule has 0 bridgehead atoms. The van der Waals surface area contributed by atoms with E-state index in [1.807, 2.05) is 0 Å². The predicted octanol–water partition coefficient (Wildman–Crippen LogP) is 2.72. The molecule has 0 fully saturated rings. The monoisotopic (exact) mass is 266 g/mol. The molecule has 0 aliphatic carbocycles. The highest BCUT2D eigenvalue weighted by Gasteiger charge is 2.17. The number of hydrogen-bond donors (Lipinski definition) is 2. The zero-order valence-electron chi connectivity index (χ0n) is 10.2. The minimum atomic E-state index is -0.613. The van der Waals surface area contributed by atoms with Crippen molar-refractivity contribution in [2.24, 2.45) is 0 Å². The molecule has 3 N–H and O–H groups in total. The number of ether oxygens (including phenoxy) is 1. The van der Waals surface area contributed by atoms with Gasteiger partial charge in [-0.1, -0.05) is 0 Å².